The van der Waals surface area contributed by atoms with Crippen molar-refractivity contribution in [3.63, 3.8) is 0 Å². The lowest BCUT2D eigenvalue weighted by Crippen LogP contribution is -2.41. The van der Waals surface area contributed by atoms with Crippen molar-refractivity contribution in [1.82, 2.24) is 0 Å². The van der Waals surface area contributed by atoms with E-state index in [-0.39, 0.29) is 5.97 Å². The number of nitrogens with two attached hydrogens (primary N) is 1. The fraction of sp³-hybridized carbons (Fsp3) is 0.562. The normalized spacial score (nSPS) is 20.2. The average Bonchev–Trinajstić information content (AvgIpc) is 2.88. The van der Waals surface area contributed by atoms with Crippen molar-refractivity contribution in [3.8, 4) is 0 Å². The van der Waals surface area contributed by atoms with E-state index in [1.807, 2.05) is 25.6 Å². The van der Waals surface area contributed by atoms with Crippen LogP contribution in [0.3, 0.4) is 0 Å². The quantitative estimate of drug-likeness (QED) is 0.818. The first-order chi connectivity index (χ1) is 9.66. The molecule has 0 amide bonds. The van der Waals surface area contributed by atoms with Gasteiger partial charge in [-0.25, -0.2) is 0 Å². The predicted octanol–water partition coefficient (Wildman–Crippen LogP) is 3.18. The van der Waals surface area contributed by atoms with Gasteiger partial charge in [-0.2, -0.15) is 0 Å². The first-order valence-corrected chi connectivity index (χ1v) is 8.24. The predicted molar refractivity (Wildman–Crippen MR) is 82.9 cm³/mol. The van der Waals surface area contributed by atoms with E-state index < -0.39 is 5.41 Å². The van der Waals surface area contributed by atoms with E-state index in [0.717, 1.165) is 18.6 Å². The van der Waals surface area contributed by atoms with Gasteiger partial charge in [-0.15, -0.1) is 11.8 Å². The minimum Gasteiger partial charge on any atom is -0.466 e. The summed E-state index contributed by atoms with van der Waals surface area (Å²) in [5, 5.41) is 0. The minimum absolute atomic E-state index is 0.139. The summed E-state index contributed by atoms with van der Waals surface area (Å²) in [5.74, 6) is 1.28. The molecule has 3 nitrogen and oxygen atoms in total. The molecule has 20 heavy (non-hydrogen) atoms. The van der Waals surface area contributed by atoms with Crippen LogP contribution in [0.2, 0.25) is 0 Å². The van der Waals surface area contributed by atoms with Crippen molar-refractivity contribution < 1.29 is 9.53 Å². The van der Waals surface area contributed by atoms with Gasteiger partial charge < -0.3 is 10.5 Å². The minimum atomic E-state index is -0.543. The Hall–Kier alpha value is -1.00. The second-order valence-electron chi connectivity index (χ2n) is 5.31. The Kier molecular flexibility index (Phi) is 5.11. The summed E-state index contributed by atoms with van der Waals surface area (Å²) >= 11 is 1.87. The molecule has 4 heteroatoms. The molecule has 1 aliphatic rings. The van der Waals surface area contributed by atoms with E-state index in [1.165, 1.54) is 10.5 Å². The lowest BCUT2D eigenvalue weighted by Gasteiger charge is -2.31. The molecule has 0 saturated carbocycles. The lowest BCUT2D eigenvalue weighted by atomic mass is 9.75. The smallest absolute Gasteiger partial charge is 0.313 e. The van der Waals surface area contributed by atoms with Gasteiger partial charge in [0.25, 0.3) is 0 Å². The van der Waals surface area contributed by atoms with Crippen LogP contribution in [0.1, 0.15) is 38.2 Å². The first kappa shape index (κ1) is 15.4. The van der Waals surface area contributed by atoms with Gasteiger partial charge in [0.15, 0.2) is 0 Å². The number of thioether (sulfide) groups is 1. The summed E-state index contributed by atoms with van der Waals surface area (Å²) in [6.07, 6.45) is 1.51. The standard InChI is InChI=1S/C16H23NO2S/c1-3-16(11-17,15(18)19-4-2)9-12-10-20-14-8-6-5-7-13(12)14/h5-8,12H,3-4,9-11,17H2,1-2H3. The third-order valence-corrected chi connectivity index (χ3v) is 5.46. The van der Waals surface area contributed by atoms with Crippen LogP contribution < -0.4 is 5.73 Å². The summed E-state index contributed by atoms with van der Waals surface area (Å²) in [5.41, 5.74) is 6.75. The number of hydrogen-bond acceptors (Lipinski definition) is 4. The van der Waals surface area contributed by atoms with Gasteiger partial charge in [0.2, 0.25) is 0 Å². The molecular weight excluding hydrogens is 270 g/mol. The monoisotopic (exact) mass is 293 g/mol. The lowest BCUT2D eigenvalue weighted by molar-refractivity contribution is -0.155. The Morgan fingerprint density at radius 2 is 2.20 bits per heavy atom. The molecule has 2 N–H and O–H groups in total. The van der Waals surface area contributed by atoms with Crippen molar-refractivity contribution >= 4 is 17.7 Å². The maximum absolute atomic E-state index is 12.3. The topological polar surface area (TPSA) is 52.3 Å². The summed E-state index contributed by atoms with van der Waals surface area (Å²) in [6.45, 7) is 4.63. The highest BCUT2D eigenvalue weighted by Crippen LogP contribution is 2.45. The number of rotatable bonds is 6. The van der Waals surface area contributed by atoms with Crippen LogP contribution in [-0.2, 0) is 9.53 Å². The maximum atomic E-state index is 12.3. The molecule has 0 saturated heterocycles. The third kappa shape index (κ3) is 2.86. The van der Waals surface area contributed by atoms with Crippen LogP contribution in [0.4, 0.5) is 0 Å². The number of hydrogen-bond donors (Lipinski definition) is 1. The van der Waals surface area contributed by atoms with Gasteiger partial charge in [-0.1, -0.05) is 25.1 Å². The molecule has 1 heterocycles. The van der Waals surface area contributed by atoms with Crippen LogP contribution in [-0.4, -0.2) is 24.9 Å². The molecule has 2 atom stereocenters. The zero-order valence-corrected chi connectivity index (χ0v) is 13.0. The molecule has 0 fully saturated rings. The summed E-state index contributed by atoms with van der Waals surface area (Å²) in [6, 6.07) is 8.45. The molecule has 0 radical (unpaired) electrons. The van der Waals surface area contributed by atoms with Crippen molar-refractivity contribution in [2.45, 2.75) is 37.5 Å². The molecule has 1 aliphatic heterocycles. The largest absolute Gasteiger partial charge is 0.466 e. The second-order valence-corrected chi connectivity index (χ2v) is 6.37. The highest BCUT2D eigenvalue weighted by molar-refractivity contribution is 7.99. The van der Waals surface area contributed by atoms with Crippen LogP contribution in [0.15, 0.2) is 29.2 Å². The van der Waals surface area contributed by atoms with Crippen molar-refractivity contribution in [3.05, 3.63) is 29.8 Å². The molecule has 0 spiro atoms. The van der Waals surface area contributed by atoms with E-state index in [2.05, 4.69) is 24.3 Å². The summed E-state index contributed by atoms with van der Waals surface area (Å²) < 4.78 is 5.26. The molecule has 2 unspecified atom stereocenters. The SMILES string of the molecule is CCOC(=O)C(CC)(CN)CC1CSc2ccccc21. The molecule has 1 aromatic rings. The van der Waals surface area contributed by atoms with Crippen LogP contribution in [0.5, 0.6) is 0 Å². The van der Waals surface area contributed by atoms with E-state index in [0.29, 0.717) is 19.1 Å². The number of carbonyl (C=O) groups is 1. The number of fused-ring (bicyclic) bond motifs is 1. The van der Waals surface area contributed by atoms with Crippen LogP contribution in [0, 0.1) is 5.41 Å². The van der Waals surface area contributed by atoms with Crippen LogP contribution in [0.25, 0.3) is 0 Å². The third-order valence-electron chi connectivity index (χ3n) is 4.21. The Morgan fingerprint density at radius 3 is 2.85 bits per heavy atom. The molecule has 110 valence electrons. The Morgan fingerprint density at radius 1 is 1.45 bits per heavy atom. The van der Waals surface area contributed by atoms with E-state index in [9.17, 15) is 4.79 Å². The fourth-order valence-electron chi connectivity index (χ4n) is 2.84. The average molecular weight is 293 g/mol. The van der Waals surface area contributed by atoms with E-state index in [1.54, 1.807) is 0 Å². The zero-order chi connectivity index (χ0) is 14.6. The maximum Gasteiger partial charge on any atom is 0.313 e. The summed E-state index contributed by atoms with van der Waals surface area (Å²) in [4.78, 5) is 13.7. The van der Waals surface area contributed by atoms with Crippen molar-refractivity contribution in [2.75, 3.05) is 18.9 Å². The molecule has 0 aliphatic carbocycles. The van der Waals surface area contributed by atoms with Crippen molar-refractivity contribution in [1.29, 1.82) is 0 Å². The van der Waals surface area contributed by atoms with E-state index >= 15 is 0 Å². The molecule has 0 bridgehead atoms. The van der Waals surface area contributed by atoms with Crippen molar-refractivity contribution in [2.24, 2.45) is 11.1 Å². The van der Waals surface area contributed by atoms with Crippen LogP contribution >= 0.6 is 11.8 Å². The second kappa shape index (κ2) is 6.64. The first-order valence-electron chi connectivity index (χ1n) is 7.26. The zero-order valence-electron chi connectivity index (χ0n) is 12.2. The highest BCUT2D eigenvalue weighted by Gasteiger charge is 2.40. The highest BCUT2D eigenvalue weighted by atomic mass is 32.2. The number of carbonyl (C=O) groups excluding carboxylic acids is 1. The van der Waals surface area contributed by atoms with Gasteiger partial charge in [-0.3, -0.25) is 4.79 Å². The van der Waals surface area contributed by atoms with Gasteiger partial charge >= 0.3 is 5.97 Å². The van der Waals surface area contributed by atoms with E-state index in [4.69, 9.17) is 10.5 Å². The number of ether oxygens (including phenoxy) is 1. The van der Waals surface area contributed by atoms with Gasteiger partial charge in [0.05, 0.1) is 12.0 Å². The molecular formula is C16H23NO2S. The fourth-order valence-corrected chi connectivity index (χ4v) is 4.09. The van der Waals surface area contributed by atoms with Gasteiger partial charge in [0, 0.05) is 17.2 Å². The van der Waals surface area contributed by atoms with Gasteiger partial charge in [0.1, 0.15) is 0 Å². The van der Waals surface area contributed by atoms with Gasteiger partial charge in [-0.05, 0) is 37.3 Å². The molecule has 2 rings (SSSR count). The molecule has 0 aromatic heterocycles. The Bertz CT molecular complexity index is 471. The molecule has 1 aromatic carbocycles. The number of benzene rings is 1. The Balaban J connectivity index is 2.20. The summed E-state index contributed by atoms with van der Waals surface area (Å²) in [7, 11) is 0. The number of esters is 1. The Labute approximate surface area is 125 Å².